The number of piperidine rings is 1. The summed E-state index contributed by atoms with van der Waals surface area (Å²) in [7, 11) is 2.29. The fourth-order valence-corrected chi connectivity index (χ4v) is 4.84. The van der Waals surface area contributed by atoms with Crippen molar-refractivity contribution < 1.29 is 0 Å². The molecule has 1 aromatic carbocycles. The van der Waals surface area contributed by atoms with Crippen molar-refractivity contribution in [1.82, 2.24) is 9.80 Å². The summed E-state index contributed by atoms with van der Waals surface area (Å²) in [5.41, 5.74) is 2.05. The maximum Gasteiger partial charge on any atom is 0.0366 e. The fourth-order valence-electron chi connectivity index (χ4n) is 4.84. The smallest absolute Gasteiger partial charge is 0.0366 e. The molecule has 1 aromatic rings. The molecule has 22 heavy (non-hydrogen) atoms. The summed E-state index contributed by atoms with van der Waals surface area (Å²) in [5.74, 6) is 0. The van der Waals surface area contributed by atoms with Gasteiger partial charge in [-0.15, -0.1) is 0 Å². The van der Waals surface area contributed by atoms with E-state index in [0.717, 1.165) is 6.04 Å². The van der Waals surface area contributed by atoms with Gasteiger partial charge >= 0.3 is 0 Å². The SMILES string of the molecule is CN1CCC2(CCN([C@H]3CCN(c4ccccc4)C3)CC2)C1. The molecule has 3 saturated heterocycles. The summed E-state index contributed by atoms with van der Waals surface area (Å²) in [4.78, 5) is 7.88. The maximum atomic E-state index is 2.78. The van der Waals surface area contributed by atoms with Crippen LogP contribution in [0, 0.1) is 5.41 Å². The Morgan fingerprint density at radius 3 is 2.36 bits per heavy atom. The van der Waals surface area contributed by atoms with Gasteiger partial charge in [0.15, 0.2) is 0 Å². The van der Waals surface area contributed by atoms with E-state index in [1.54, 1.807) is 0 Å². The van der Waals surface area contributed by atoms with Gasteiger partial charge in [-0.3, -0.25) is 4.90 Å². The molecule has 3 aliphatic rings. The van der Waals surface area contributed by atoms with E-state index in [1.165, 1.54) is 70.6 Å². The molecule has 0 aromatic heterocycles. The highest BCUT2D eigenvalue weighted by Gasteiger charge is 2.41. The zero-order valence-corrected chi connectivity index (χ0v) is 13.9. The van der Waals surface area contributed by atoms with Crippen molar-refractivity contribution in [1.29, 1.82) is 0 Å². The Hall–Kier alpha value is -1.06. The Labute approximate surface area is 134 Å². The minimum atomic E-state index is 0.656. The molecule has 3 fully saturated rings. The molecule has 120 valence electrons. The normalized spacial score (nSPS) is 29.5. The molecule has 0 unspecified atom stereocenters. The van der Waals surface area contributed by atoms with Crippen molar-refractivity contribution in [2.45, 2.75) is 31.7 Å². The first-order chi connectivity index (χ1) is 10.7. The largest absolute Gasteiger partial charge is 0.370 e. The second kappa shape index (κ2) is 5.86. The highest BCUT2D eigenvalue weighted by atomic mass is 15.3. The number of para-hydroxylation sites is 1. The van der Waals surface area contributed by atoms with E-state index >= 15 is 0 Å². The van der Waals surface area contributed by atoms with Crippen molar-refractivity contribution in [2.24, 2.45) is 5.41 Å². The fraction of sp³-hybridized carbons (Fsp3) is 0.684. The van der Waals surface area contributed by atoms with E-state index in [-0.39, 0.29) is 0 Å². The molecule has 4 rings (SSSR count). The Morgan fingerprint density at radius 1 is 0.955 bits per heavy atom. The van der Waals surface area contributed by atoms with Gasteiger partial charge in [-0.25, -0.2) is 0 Å². The van der Waals surface area contributed by atoms with Gasteiger partial charge in [-0.2, -0.15) is 0 Å². The van der Waals surface area contributed by atoms with Gasteiger partial charge in [0.2, 0.25) is 0 Å². The van der Waals surface area contributed by atoms with Gasteiger partial charge in [0.05, 0.1) is 0 Å². The minimum Gasteiger partial charge on any atom is -0.370 e. The lowest BCUT2D eigenvalue weighted by Crippen LogP contribution is -2.47. The third-order valence-corrected chi connectivity index (χ3v) is 6.29. The first-order valence-electron chi connectivity index (χ1n) is 8.97. The second-order valence-electron chi connectivity index (χ2n) is 7.75. The lowest BCUT2D eigenvalue weighted by Gasteiger charge is -2.41. The average molecular weight is 299 g/mol. The molecule has 0 bridgehead atoms. The van der Waals surface area contributed by atoms with Crippen molar-refractivity contribution in [3.63, 3.8) is 0 Å². The van der Waals surface area contributed by atoms with Crippen LogP contribution in [-0.2, 0) is 0 Å². The van der Waals surface area contributed by atoms with Crippen molar-refractivity contribution in [3.05, 3.63) is 30.3 Å². The van der Waals surface area contributed by atoms with Crippen LogP contribution in [0.1, 0.15) is 25.7 Å². The molecular formula is C19H29N3. The first-order valence-corrected chi connectivity index (χ1v) is 8.97. The second-order valence-corrected chi connectivity index (χ2v) is 7.75. The Balaban J connectivity index is 1.33. The highest BCUT2D eigenvalue weighted by molar-refractivity contribution is 5.47. The lowest BCUT2D eigenvalue weighted by molar-refractivity contribution is 0.0844. The predicted molar refractivity (Wildman–Crippen MR) is 92.4 cm³/mol. The number of benzene rings is 1. The summed E-state index contributed by atoms with van der Waals surface area (Å²) in [6, 6.07) is 11.7. The van der Waals surface area contributed by atoms with Crippen LogP contribution >= 0.6 is 0 Å². The summed E-state index contributed by atoms with van der Waals surface area (Å²) in [5, 5.41) is 0. The molecule has 1 atom stereocenters. The maximum absolute atomic E-state index is 2.78. The molecular weight excluding hydrogens is 270 g/mol. The van der Waals surface area contributed by atoms with Crippen LogP contribution in [0.5, 0.6) is 0 Å². The van der Waals surface area contributed by atoms with Gasteiger partial charge in [0, 0.05) is 31.4 Å². The van der Waals surface area contributed by atoms with Gasteiger partial charge in [0.25, 0.3) is 0 Å². The molecule has 3 heterocycles. The Kier molecular flexibility index (Phi) is 3.87. The van der Waals surface area contributed by atoms with Crippen LogP contribution in [0.4, 0.5) is 5.69 Å². The van der Waals surface area contributed by atoms with Gasteiger partial charge < -0.3 is 9.80 Å². The van der Waals surface area contributed by atoms with Gasteiger partial charge in [-0.05, 0) is 69.9 Å². The Morgan fingerprint density at radius 2 is 1.68 bits per heavy atom. The van der Waals surface area contributed by atoms with Crippen LogP contribution in [0.25, 0.3) is 0 Å². The average Bonchev–Trinajstić information content (AvgIpc) is 3.17. The molecule has 3 heteroatoms. The van der Waals surface area contributed by atoms with Crippen LogP contribution < -0.4 is 4.90 Å². The number of hydrogen-bond acceptors (Lipinski definition) is 3. The molecule has 0 aliphatic carbocycles. The van der Waals surface area contributed by atoms with Crippen molar-refractivity contribution in [2.75, 3.05) is 51.2 Å². The number of nitrogens with zero attached hydrogens (tertiary/aromatic N) is 3. The lowest BCUT2D eigenvalue weighted by atomic mass is 9.77. The van der Waals surface area contributed by atoms with E-state index in [9.17, 15) is 0 Å². The molecule has 3 aliphatic heterocycles. The minimum absolute atomic E-state index is 0.656. The van der Waals surface area contributed by atoms with Crippen LogP contribution in [0.3, 0.4) is 0 Å². The highest BCUT2D eigenvalue weighted by Crippen LogP contribution is 2.40. The van der Waals surface area contributed by atoms with Crippen LogP contribution in [0.15, 0.2) is 30.3 Å². The topological polar surface area (TPSA) is 9.72 Å². The summed E-state index contributed by atoms with van der Waals surface area (Å²) >= 11 is 0. The monoisotopic (exact) mass is 299 g/mol. The molecule has 0 radical (unpaired) electrons. The number of anilines is 1. The first kappa shape index (κ1) is 14.5. The third kappa shape index (κ3) is 2.77. The summed E-state index contributed by atoms with van der Waals surface area (Å²) in [6.07, 6.45) is 5.60. The van der Waals surface area contributed by atoms with Crippen LogP contribution in [0.2, 0.25) is 0 Å². The Bertz CT molecular complexity index is 493. The number of hydrogen-bond donors (Lipinski definition) is 0. The molecule has 3 nitrogen and oxygen atoms in total. The summed E-state index contributed by atoms with van der Waals surface area (Å²) in [6.45, 7) is 7.73. The molecule has 0 saturated carbocycles. The van der Waals surface area contributed by atoms with E-state index in [2.05, 4.69) is 52.1 Å². The van der Waals surface area contributed by atoms with E-state index in [4.69, 9.17) is 0 Å². The quantitative estimate of drug-likeness (QED) is 0.831. The van der Waals surface area contributed by atoms with E-state index in [1.807, 2.05) is 0 Å². The van der Waals surface area contributed by atoms with Gasteiger partial charge in [-0.1, -0.05) is 18.2 Å². The third-order valence-electron chi connectivity index (χ3n) is 6.29. The molecule has 0 N–H and O–H groups in total. The number of rotatable bonds is 2. The molecule has 1 spiro atoms. The molecule has 0 amide bonds. The van der Waals surface area contributed by atoms with Crippen LogP contribution in [-0.4, -0.2) is 62.2 Å². The van der Waals surface area contributed by atoms with Crippen molar-refractivity contribution in [3.8, 4) is 0 Å². The van der Waals surface area contributed by atoms with Gasteiger partial charge in [0.1, 0.15) is 0 Å². The van der Waals surface area contributed by atoms with E-state index in [0.29, 0.717) is 5.41 Å². The zero-order chi connectivity index (χ0) is 15.0. The van der Waals surface area contributed by atoms with E-state index < -0.39 is 0 Å². The standard InChI is InChI=1S/C19H29N3/c1-20-12-8-19(16-20)9-13-21(14-10-19)18-7-11-22(15-18)17-5-3-2-4-6-17/h2-6,18H,7-16H2,1H3/t18-/m0/s1. The number of likely N-dealkylation sites (tertiary alicyclic amines) is 2. The van der Waals surface area contributed by atoms with Crippen molar-refractivity contribution >= 4 is 5.69 Å². The zero-order valence-electron chi connectivity index (χ0n) is 13.9. The summed E-state index contributed by atoms with van der Waals surface area (Å²) < 4.78 is 0. The predicted octanol–water partition coefficient (Wildman–Crippen LogP) is 2.68.